The van der Waals surface area contributed by atoms with Crippen LogP contribution in [0.5, 0.6) is 0 Å². The molecule has 0 aliphatic carbocycles. The number of hydrogen-bond acceptors (Lipinski definition) is 0. The lowest BCUT2D eigenvalue weighted by atomic mass is 9.79. The molecular formula is C47H40N2. The molecular weight excluding hydrogens is 593 g/mol. The molecule has 2 aromatic heterocycles. The van der Waals surface area contributed by atoms with Gasteiger partial charge in [0.05, 0.1) is 0 Å². The van der Waals surface area contributed by atoms with Gasteiger partial charge in [0.15, 0.2) is 0 Å². The van der Waals surface area contributed by atoms with Gasteiger partial charge in [-0.05, 0) is 89.1 Å². The number of hydrogen-bond donors (Lipinski definition) is 0. The molecule has 8 rings (SSSR count). The normalized spacial score (nSPS) is 12.2. The molecule has 0 bridgehead atoms. The Hall–Kier alpha value is -5.86. The summed E-state index contributed by atoms with van der Waals surface area (Å²) < 4.78 is 4.77. The van der Waals surface area contributed by atoms with E-state index in [0.717, 1.165) is 18.7 Å². The standard InChI is InChI=1S/C47H40N2/c1-4-7-19-33(5-2)44-40-31-48(37-28-29-43-39(30-37)38-26-17-18-27-42(38)49(43)6-3)32-41(40)45(34-20-11-8-12-21-34)47(36-24-15-10-16-25-36)46(44)35-22-13-9-14-23-35/h4,7-32H,5-6H2,1-3H3/b7-4-,33-19+. The average molecular weight is 633 g/mol. The van der Waals surface area contributed by atoms with Gasteiger partial charge in [-0.15, -0.1) is 0 Å². The van der Waals surface area contributed by atoms with Crippen LogP contribution >= 0.6 is 0 Å². The molecule has 0 fully saturated rings. The molecule has 2 nitrogen and oxygen atoms in total. The molecule has 2 heteroatoms. The van der Waals surface area contributed by atoms with Gasteiger partial charge >= 0.3 is 0 Å². The zero-order valence-corrected chi connectivity index (χ0v) is 28.4. The van der Waals surface area contributed by atoms with Gasteiger partial charge in [0.25, 0.3) is 0 Å². The zero-order valence-electron chi connectivity index (χ0n) is 28.4. The second-order valence-electron chi connectivity index (χ2n) is 12.6. The second-order valence-corrected chi connectivity index (χ2v) is 12.6. The summed E-state index contributed by atoms with van der Waals surface area (Å²) in [6.45, 7) is 7.53. The van der Waals surface area contributed by atoms with Crippen molar-refractivity contribution in [3.63, 3.8) is 0 Å². The predicted molar refractivity (Wildman–Crippen MR) is 211 cm³/mol. The van der Waals surface area contributed by atoms with Crippen LogP contribution in [0.15, 0.2) is 164 Å². The molecule has 2 heterocycles. The number of allylic oxidation sites excluding steroid dienone is 4. The SMILES string of the molecule is C/C=C\C=C(/CC)c1c(-c2ccccc2)c(-c2ccccc2)c(-c2ccccc2)c2cn(-c3ccc4c(c3)c3ccccc3n4CC)cc12. The minimum atomic E-state index is 0.909. The fraction of sp³-hybridized carbons (Fsp3) is 0.106. The monoisotopic (exact) mass is 632 g/mol. The molecule has 0 spiro atoms. The van der Waals surface area contributed by atoms with Gasteiger partial charge < -0.3 is 9.13 Å². The van der Waals surface area contributed by atoms with Crippen LogP contribution in [0.25, 0.3) is 77.2 Å². The summed E-state index contributed by atoms with van der Waals surface area (Å²) in [5.74, 6) is 0. The highest BCUT2D eigenvalue weighted by Crippen LogP contribution is 2.50. The van der Waals surface area contributed by atoms with E-state index in [1.165, 1.54) is 77.1 Å². The third-order valence-corrected chi connectivity index (χ3v) is 9.86. The van der Waals surface area contributed by atoms with E-state index in [0.29, 0.717) is 0 Å². The van der Waals surface area contributed by atoms with E-state index in [4.69, 9.17) is 0 Å². The number of para-hydroxylation sites is 1. The van der Waals surface area contributed by atoms with Crippen molar-refractivity contribution in [2.45, 2.75) is 33.7 Å². The predicted octanol–water partition coefficient (Wildman–Crippen LogP) is 13.1. The summed E-state index contributed by atoms with van der Waals surface area (Å²) in [7, 11) is 0. The molecule has 0 saturated carbocycles. The smallest absolute Gasteiger partial charge is 0.0492 e. The van der Waals surface area contributed by atoms with Gasteiger partial charge in [-0.1, -0.05) is 134 Å². The third-order valence-electron chi connectivity index (χ3n) is 9.86. The van der Waals surface area contributed by atoms with E-state index in [2.05, 4.69) is 194 Å². The first-order chi connectivity index (χ1) is 24.2. The minimum Gasteiger partial charge on any atom is -0.341 e. The first-order valence-corrected chi connectivity index (χ1v) is 17.4. The van der Waals surface area contributed by atoms with Gasteiger partial charge in [0.2, 0.25) is 0 Å². The molecule has 8 aromatic rings. The Morgan fingerprint density at radius 1 is 0.551 bits per heavy atom. The Bertz CT molecular complexity index is 2490. The number of benzene rings is 6. The minimum absolute atomic E-state index is 0.909. The quantitative estimate of drug-likeness (QED) is 0.148. The molecule has 238 valence electrons. The molecule has 0 atom stereocenters. The number of aromatic nitrogens is 2. The molecule has 0 saturated heterocycles. The molecule has 0 radical (unpaired) electrons. The summed E-state index contributed by atoms with van der Waals surface area (Å²) in [5, 5.41) is 5.08. The Labute approximate surface area is 288 Å². The molecule has 0 aliphatic rings. The molecule has 0 aliphatic heterocycles. The van der Waals surface area contributed by atoms with E-state index in [9.17, 15) is 0 Å². The van der Waals surface area contributed by atoms with Crippen molar-refractivity contribution in [1.82, 2.24) is 9.13 Å². The van der Waals surface area contributed by atoms with Crippen molar-refractivity contribution in [1.29, 1.82) is 0 Å². The second kappa shape index (κ2) is 13.0. The highest BCUT2D eigenvalue weighted by Gasteiger charge is 2.25. The zero-order chi connectivity index (χ0) is 33.3. The van der Waals surface area contributed by atoms with E-state index in [-0.39, 0.29) is 0 Å². The van der Waals surface area contributed by atoms with Gasteiger partial charge in [0, 0.05) is 57.2 Å². The van der Waals surface area contributed by atoms with Crippen LogP contribution in [-0.4, -0.2) is 9.13 Å². The first kappa shape index (κ1) is 30.5. The van der Waals surface area contributed by atoms with Crippen LogP contribution in [0.4, 0.5) is 0 Å². The van der Waals surface area contributed by atoms with Gasteiger partial charge in [-0.3, -0.25) is 0 Å². The van der Waals surface area contributed by atoms with Crippen LogP contribution in [0.3, 0.4) is 0 Å². The molecule has 49 heavy (non-hydrogen) atoms. The largest absolute Gasteiger partial charge is 0.341 e. The summed E-state index contributed by atoms with van der Waals surface area (Å²) in [4.78, 5) is 0. The molecule has 0 amide bonds. The van der Waals surface area contributed by atoms with Gasteiger partial charge in [-0.25, -0.2) is 0 Å². The maximum absolute atomic E-state index is 2.42. The molecule has 0 unspecified atom stereocenters. The molecule has 0 N–H and O–H groups in total. The maximum atomic E-state index is 2.42. The van der Waals surface area contributed by atoms with E-state index >= 15 is 0 Å². The van der Waals surface area contributed by atoms with Crippen molar-refractivity contribution in [3.05, 3.63) is 170 Å². The van der Waals surface area contributed by atoms with E-state index in [1.54, 1.807) is 0 Å². The van der Waals surface area contributed by atoms with Crippen LogP contribution in [-0.2, 0) is 6.54 Å². The topological polar surface area (TPSA) is 9.86 Å². The van der Waals surface area contributed by atoms with Crippen molar-refractivity contribution in [2.75, 3.05) is 0 Å². The highest BCUT2D eigenvalue weighted by molar-refractivity contribution is 6.16. The lowest BCUT2D eigenvalue weighted by molar-refractivity contribution is 0.827. The van der Waals surface area contributed by atoms with Crippen molar-refractivity contribution in [2.24, 2.45) is 0 Å². The lowest BCUT2D eigenvalue weighted by Gasteiger charge is -2.23. The number of rotatable bonds is 8. The highest BCUT2D eigenvalue weighted by atomic mass is 15.0. The van der Waals surface area contributed by atoms with Crippen molar-refractivity contribution >= 4 is 38.2 Å². The van der Waals surface area contributed by atoms with Crippen LogP contribution in [0.2, 0.25) is 0 Å². The summed E-state index contributed by atoms with van der Waals surface area (Å²) in [6, 6.07) is 48.6. The number of aryl methyl sites for hydroxylation is 1. The Morgan fingerprint density at radius 3 is 1.76 bits per heavy atom. The number of nitrogens with zero attached hydrogens (tertiary/aromatic N) is 2. The van der Waals surface area contributed by atoms with Crippen LogP contribution < -0.4 is 0 Å². The van der Waals surface area contributed by atoms with Crippen molar-refractivity contribution < 1.29 is 0 Å². The average Bonchev–Trinajstić information content (AvgIpc) is 3.75. The Balaban J connectivity index is 1.54. The van der Waals surface area contributed by atoms with Crippen LogP contribution in [0.1, 0.15) is 32.8 Å². The summed E-state index contributed by atoms with van der Waals surface area (Å²) in [5.41, 5.74) is 13.8. The third kappa shape index (κ3) is 5.21. The van der Waals surface area contributed by atoms with Gasteiger partial charge in [-0.2, -0.15) is 0 Å². The fourth-order valence-electron chi connectivity index (χ4n) is 7.68. The summed E-state index contributed by atoms with van der Waals surface area (Å²) in [6.07, 6.45) is 12.3. The summed E-state index contributed by atoms with van der Waals surface area (Å²) >= 11 is 0. The first-order valence-electron chi connectivity index (χ1n) is 17.4. The van der Waals surface area contributed by atoms with Gasteiger partial charge in [0.1, 0.15) is 0 Å². The van der Waals surface area contributed by atoms with Crippen molar-refractivity contribution in [3.8, 4) is 39.1 Å². The number of fused-ring (bicyclic) bond motifs is 4. The fourth-order valence-corrected chi connectivity index (χ4v) is 7.68. The Kier molecular flexibility index (Phi) is 8.07. The Morgan fingerprint density at radius 2 is 1.12 bits per heavy atom. The maximum Gasteiger partial charge on any atom is 0.0492 e. The lowest BCUT2D eigenvalue weighted by Crippen LogP contribution is -1.98. The van der Waals surface area contributed by atoms with E-state index in [1.807, 2.05) is 0 Å². The van der Waals surface area contributed by atoms with Crippen LogP contribution in [0, 0.1) is 0 Å². The van der Waals surface area contributed by atoms with E-state index < -0.39 is 0 Å². The molecule has 6 aromatic carbocycles.